The number of methoxy groups -OCH3 is 1. The number of rotatable bonds is 7. The first-order chi connectivity index (χ1) is 12.5. The van der Waals surface area contributed by atoms with Gasteiger partial charge in [-0.2, -0.15) is 4.31 Å². The number of sulfonamides is 1. The standard InChI is InChI=1S/C17H25N3O5S.ClH/c1-24-15-5-4-13(17(21)19-14(11-18)12-2-3-12)10-16(15)26(22,23)20-6-8-25-9-7-20;/h4-5,10,12,14H,2-3,6-9,11,18H2,1H3,(H,19,21);1H. The number of ether oxygens (including phenoxy) is 2. The Morgan fingerprint density at radius 2 is 2.04 bits per heavy atom. The van der Waals surface area contributed by atoms with Crippen molar-refractivity contribution in [3.8, 4) is 5.75 Å². The van der Waals surface area contributed by atoms with Crippen molar-refractivity contribution in [2.24, 2.45) is 11.7 Å². The average Bonchev–Trinajstić information content (AvgIpc) is 3.51. The third-order valence-electron chi connectivity index (χ3n) is 4.78. The van der Waals surface area contributed by atoms with Crippen molar-refractivity contribution >= 4 is 28.3 Å². The SMILES string of the molecule is COc1ccc(C(=O)NC(CN)C2CC2)cc1S(=O)(=O)N1CCOCC1.Cl. The van der Waals surface area contributed by atoms with Gasteiger partial charge in [0.1, 0.15) is 10.6 Å². The quantitative estimate of drug-likeness (QED) is 0.669. The van der Waals surface area contributed by atoms with Gasteiger partial charge in [0.05, 0.1) is 20.3 Å². The van der Waals surface area contributed by atoms with Gasteiger partial charge in [0.2, 0.25) is 10.0 Å². The molecule has 1 amide bonds. The number of nitrogens with one attached hydrogen (secondary N) is 1. The highest BCUT2D eigenvalue weighted by Crippen LogP contribution is 2.33. The third-order valence-corrected chi connectivity index (χ3v) is 6.69. The Morgan fingerprint density at radius 1 is 1.37 bits per heavy atom. The van der Waals surface area contributed by atoms with Crippen LogP contribution in [-0.2, 0) is 14.8 Å². The lowest BCUT2D eigenvalue weighted by Gasteiger charge is -2.27. The lowest BCUT2D eigenvalue weighted by atomic mass is 10.1. The Morgan fingerprint density at radius 3 is 2.59 bits per heavy atom. The van der Waals surface area contributed by atoms with E-state index in [-0.39, 0.29) is 53.7 Å². The maximum Gasteiger partial charge on any atom is 0.251 e. The van der Waals surface area contributed by atoms with Gasteiger partial charge in [0.15, 0.2) is 0 Å². The zero-order chi connectivity index (χ0) is 18.7. The lowest BCUT2D eigenvalue weighted by molar-refractivity contribution is 0.0729. The fourth-order valence-electron chi connectivity index (χ4n) is 3.07. The van der Waals surface area contributed by atoms with Gasteiger partial charge in [-0.15, -0.1) is 12.4 Å². The van der Waals surface area contributed by atoms with Gasteiger partial charge >= 0.3 is 0 Å². The molecule has 1 saturated carbocycles. The molecule has 1 unspecified atom stereocenters. The van der Waals surface area contributed by atoms with Crippen LogP contribution in [0.15, 0.2) is 23.1 Å². The molecule has 0 aromatic heterocycles. The molecule has 0 spiro atoms. The highest BCUT2D eigenvalue weighted by atomic mass is 35.5. The van der Waals surface area contributed by atoms with E-state index >= 15 is 0 Å². The summed E-state index contributed by atoms with van der Waals surface area (Å²) in [5, 5.41) is 2.91. The second-order valence-electron chi connectivity index (χ2n) is 6.54. The number of benzene rings is 1. The highest BCUT2D eigenvalue weighted by Gasteiger charge is 2.33. The minimum Gasteiger partial charge on any atom is -0.495 e. The molecule has 152 valence electrons. The molecule has 2 aliphatic rings. The van der Waals surface area contributed by atoms with Crippen LogP contribution in [0.25, 0.3) is 0 Å². The van der Waals surface area contributed by atoms with Crippen LogP contribution < -0.4 is 15.8 Å². The van der Waals surface area contributed by atoms with Crippen LogP contribution in [0.2, 0.25) is 0 Å². The molecule has 0 bridgehead atoms. The summed E-state index contributed by atoms with van der Waals surface area (Å²) < 4.78 is 37.7. The van der Waals surface area contributed by atoms with E-state index in [1.807, 2.05) is 0 Å². The molecular formula is C17H26ClN3O5S. The summed E-state index contributed by atoms with van der Waals surface area (Å²) in [5.41, 5.74) is 6.01. The Kier molecular flexibility index (Phi) is 7.47. The Labute approximate surface area is 165 Å². The molecule has 1 saturated heterocycles. The van der Waals surface area contributed by atoms with E-state index < -0.39 is 10.0 Å². The fourth-order valence-corrected chi connectivity index (χ4v) is 4.65. The Balaban J connectivity index is 0.00000261. The monoisotopic (exact) mass is 419 g/mol. The number of hydrogen-bond donors (Lipinski definition) is 2. The number of nitrogens with zero attached hydrogens (tertiary/aromatic N) is 1. The molecule has 1 aliphatic carbocycles. The topological polar surface area (TPSA) is 111 Å². The van der Waals surface area contributed by atoms with E-state index in [4.69, 9.17) is 15.2 Å². The number of halogens is 1. The molecule has 10 heteroatoms. The van der Waals surface area contributed by atoms with Crippen LogP contribution >= 0.6 is 12.4 Å². The smallest absolute Gasteiger partial charge is 0.251 e. The van der Waals surface area contributed by atoms with Crippen LogP contribution in [0.4, 0.5) is 0 Å². The molecule has 1 heterocycles. The van der Waals surface area contributed by atoms with Crippen LogP contribution in [0, 0.1) is 5.92 Å². The molecular weight excluding hydrogens is 394 g/mol. The van der Waals surface area contributed by atoms with E-state index in [9.17, 15) is 13.2 Å². The van der Waals surface area contributed by atoms with E-state index in [0.29, 0.717) is 25.7 Å². The fraction of sp³-hybridized carbons (Fsp3) is 0.588. The van der Waals surface area contributed by atoms with Gasteiger partial charge in [-0.1, -0.05) is 0 Å². The average molecular weight is 420 g/mol. The zero-order valence-corrected chi connectivity index (χ0v) is 16.9. The largest absolute Gasteiger partial charge is 0.495 e. The van der Waals surface area contributed by atoms with Gasteiger partial charge in [-0.3, -0.25) is 4.79 Å². The number of amides is 1. The normalized spacial score (nSPS) is 19.0. The molecule has 0 radical (unpaired) electrons. The summed E-state index contributed by atoms with van der Waals surface area (Å²) >= 11 is 0. The van der Waals surface area contributed by atoms with Crippen molar-refractivity contribution < 1.29 is 22.7 Å². The van der Waals surface area contributed by atoms with Crippen molar-refractivity contribution in [2.75, 3.05) is 40.0 Å². The van der Waals surface area contributed by atoms with Crippen LogP contribution in [0.1, 0.15) is 23.2 Å². The Bertz CT molecular complexity index is 764. The van der Waals surface area contributed by atoms with E-state index in [2.05, 4.69) is 5.32 Å². The molecule has 1 aliphatic heterocycles. The van der Waals surface area contributed by atoms with E-state index in [1.165, 1.54) is 23.5 Å². The predicted octanol–water partition coefficient (Wildman–Crippen LogP) is 0.605. The first-order valence-electron chi connectivity index (χ1n) is 8.74. The molecule has 27 heavy (non-hydrogen) atoms. The number of hydrogen-bond acceptors (Lipinski definition) is 6. The summed E-state index contributed by atoms with van der Waals surface area (Å²) in [7, 11) is -2.37. The molecule has 1 aromatic carbocycles. The minimum absolute atomic E-state index is 0. The summed E-state index contributed by atoms with van der Waals surface area (Å²) in [5.74, 6) is 0.304. The van der Waals surface area contributed by atoms with Crippen LogP contribution in [0.3, 0.4) is 0 Å². The first kappa shape index (κ1) is 21.9. The number of carbonyl (C=O) groups is 1. The molecule has 1 aromatic rings. The third kappa shape index (κ3) is 4.91. The lowest BCUT2D eigenvalue weighted by Crippen LogP contribution is -2.42. The summed E-state index contributed by atoms with van der Waals surface area (Å²) in [6, 6.07) is 4.37. The summed E-state index contributed by atoms with van der Waals surface area (Å²) in [6.45, 7) is 1.62. The van der Waals surface area contributed by atoms with Crippen molar-refractivity contribution in [1.82, 2.24) is 9.62 Å². The number of morpholine rings is 1. The first-order valence-corrected chi connectivity index (χ1v) is 10.2. The second kappa shape index (κ2) is 9.20. The van der Waals surface area contributed by atoms with Crippen molar-refractivity contribution in [3.63, 3.8) is 0 Å². The minimum atomic E-state index is -3.78. The molecule has 8 nitrogen and oxygen atoms in total. The van der Waals surface area contributed by atoms with E-state index in [0.717, 1.165) is 12.8 Å². The number of nitrogens with two attached hydrogens (primary N) is 1. The van der Waals surface area contributed by atoms with Gasteiger partial charge in [0.25, 0.3) is 5.91 Å². The summed E-state index contributed by atoms with van der Waals surface area (Å²) in [6.07, 6.45) is 2.11. The van der Waals surface area contributed by atoms with Crippen molar-refractivity contribution in [3.05, 3.63) is 23.8 Å². The van der Waals surface area contributed by atoms with Crippen LogP contribution in [-0.4, -0.2) is 64.6 Å². The van der Waals surface area contributed by atoms with Crippen molar-refractivity contribution in [1.29, 1.82) is 0 Å². The second-order valence-corrected chi connectivity index (χ2v) is 8.44. The molecule has 1 atom stereocenters. The van der Waals surface area contributed by atoms with Gasteiger partial charge in [-0.05, 0) is 37.0 Å². The van der Waals surface area contributed by atoms with Crippen LogP contribution in [0.5, 0.6) is 5.75 Å². The highest BCUT2D eigenvalue weighted by molar-refractivity contribution is 7.89. The van der Waals surface area contributed by atoms with Crippen molar-refractivity contribution in [2.45, 2.75) is 23.8 Å². The van der Waals surface area contributed by atoms with Gasteiger partial charge < -0.3 is 20.5 Å². The zero-order valence-electron chi connectivity index (χ0n) is 15.2. The van der Waals surface area contributed by atoms with Gasteiger partial charge in [-0.25, -0.2) is 8.42 Å². The molecule has 3 rings (SSSR count). The van der Waals surface area contributed by atoms with E-state index in [1.54, 1.807) is 6.07 Å². The predicted molar refractivity (Wildman–Crippen MR) is 103 cm³/mol. The maximum atomic E-state index is 13.0. The number of carbonyl (C=O) groups excluding carboxylic acids is 1. The summed E-state index contributed by atoms with van der Waals surface area (Å²) in [4.78, 5) is 12.6. The van der Waals surface area contributed by atoms with Gasteiger partial charge in [0, 0.05) is 31.2 Å². The Hall–Kier alpha value is -1.39. The molecule has 2 fully saturated rings. The molecule has 3 N–H and O–H groups in total. The maximum absolute atomic E-state index is 13.0.